The van der Waals surface area contributed by atoms with Gasteiger partial charge in [-0.05, 0) is 70.0 Å². The number of amides is 1. The standard InChI is InChI=1S/C16H12Br2INO/c17-13-4-3-11(19)8-12(13)16(18)10-1-5-14-9(7-10)2-6-15(21)20-14/h1,3-5,7-8,16H,2,6H2,(H,20,21). The Bertz CT molecular complexity index is 717. The largest absolute Gasteiger partial charge is 0.326 e. The van der Waals surface area contributed by atoms with Gasteiger partial charge in [0.1, 0.15) is 0 Å². The lowest BCUT2D eigenvalue weighted by Gasteiger charge is -2.20. The maximum absolute atomic E-state index is 11.4. The van der Waals surface area contributed by atoms with Crippen LogP contribution in [0.5, 0.6) is 0 Å². The predicted octanol–water partition coefficient (Wildman–Crippen LogP) is 5.42. The molecule has 0 bridgehead atoms. The fourth-order valence-corrected chi connectivity index (χ4v) is 4.41. The average Bonchev–Trinajstić information content (AvgIpc) is 2.48. The van der Waals surface area contributed by atoms with E-state index in [-0.39, 0.29) is 10.7 Å². The van der Waals surface area contributed by atoms with Crippen molar-refractivity contribution in [2.24, 2.45) is 0 Å². The van der Waals surface area contributed by atoms with E-state index < -0.39 is 0 Å². The molecule has 0 spiro atoms. The molecular formula is C16H12Br2INO. The van der Waals surface area contributed by atoms with Crippen LogP contribution < -0.4 is 5.32 Å². The van der Waals surface area contributed by atoms with Crippen molar-refractivity contribution in [1.29, 1.82) is 0 Å². The molecule has 1 heterocycles. The number of aryl methyl sites for hydroxylation is 1. The van der Waals surface area contributed by atoms with Crippen molar-refractivity contribution < 1.29 is 4.79 Å². The number of benzene rings is 2. The van der Waals surface area contributed by atoms with Gasteiger partial charge in [0.15, 0.2) is 0 Å². The molecule has 1 unspecified atom stereocenters. The first kappa shape index (κ1) is 15.5. The third-order valence-electron chi connectivity index (χ3n) is 3.55. The molecule has 108 valence electrons. The summed E-state index contributed by atoms with van der Waals surface area (Å²) in [6.07, 6.45) is 1.37. The van der Waals surface area contributed by atoms with E-state index in [0.717, 1.165) is 16.6 Å². The molecule has 0 aromatic heterocycles. The van der Waals surface area contributed by atoms with Crippen LogP contribution in [0.4, 0.5) is 5.69 Å². The molecule has 0 saturated heterocycles. The van der Waals surface area contributed by atoms with Gasteiger partial charge in [-0.2, -0.15) is 0 Å². The zero-order valence-electron chi connectivity index (χ0n) is 11.0. The minimum atomic E-state index is 0.103. The molecule has 1 amide bonds. The van der Waals surface area contributed by atoms with Crippen LogP contribution in [0.25, 0.3) is 0 Å². The van der Waals surface area contributed by atoms with Crippen LogP contribution >= 0.6 is 54.5 Å². The molecule has 1 N–H and O–H groups in total. The highest BCUT2D eigenvalue weighted by molar-refractivity contribution is 14.1. The molecule has 0 aliphatic carbocycles. The maximum Gasteiger partial charge on any atom is 0.224 e. The number of hydrogen-bond donors (Lipinski definition) is 1. The zero-order chi connectivity index (χ0) is 15.0. The fraction of sp³-hybridized carbons (Fsp3) is 0.188. The molecule has 2 aromatic rings. The second kappa shape index (κ2) is 6.38. The number of anilines is 1. The number of halogens is 3. The summed E-state index contributed by atoms with van der Waals surface area (Å²) in [6.45, 7) is 0. The van der Waals surface area contributed by atoms with Crippen molar-refractivity contribution in [3.8, 4) is 0 Å². The molecule has 0 radical (unpaired) electrons. The summed E-state index contributed by atoms with van der Waals surface area (Å²) in [4.78, 5) is 11.5. The first-order chi connectivity index (χ1) is 10.0. The normalized spacial score (nSPS) is 15.3. The third kappa shape index (κ3) is 3.35. The number of rotatable bonds is 2. The van der Waals surface area contributed by atoms with Crippen molar-refractivity contribution in [1.82, 2.24) is 0 Å². The van der Waals surface area contributed by atoms with Gasteiger partial charge in [0.2, 0.25) is 5.91 Å². The zero-order valence-corrected chi connectivity index (χ0v) is 16.3. The third-order valence-corrected chi connectivity index (χ3v) is 5.96. The van der Waals surface area contributed by atoms with Gasteiger partial charge >= 0.3 is 0 Å². The molecule has 1 aliphatic heterocycles. The van der Waals surface area contributed by atoms with E-state index in [4.69, 9.17) is 0 Å². The van der Waals surface area contributed by atoms with E-state index in [2.05, 4.69) is 90.1 Å². The Hall–Kier alpha value is -0.400. The summed E-state index contributed by atoms with van der Waals surface area (Å²) < 4.78 is 2.30. The summed E-state index contributed by atoms with van der Waals surface area (Å²) in [5.74, 6) is 0.103. The Morgan fingerprint density at radius 1 is 1.14 bits per heavy atom. The van der Waals surface area contributed by atoms with Gasteiger partial charge in [-0.1, -0.05) is 44.0 Å². The van der Waals surface area contributed by atoms with Crippen molar-refractivity contribution in [2.75, 3.05) is 5.32 Å². The van der Waals surface area contributed by atoms with Crippen LogP contribution in [-0.4, -0.2) is 5.91 Å². The number of fused-ring (bicyclic) bond motifs is 1. The Balaban J connectivity index is 1.97. The molecule has 5 heteroatoms. The molecule has 0 fully saturated rings. The minimum Gasteiger partial charge on any atom is -0.326 e. The topological polar surface area (TPSA) is 29.1 Å². The van der Waals surface area contributed by atoms with Crippen molar-refractivity contribution in [3.63, 3.8) is 0 Å². The van der Waals surface area contributed by atoms with E-state index in [9.17, 15) is 4.79 Å². The van der Waals surface area contributed by atoms with Gasteiger partial charge in [-0.15, -0.1) is 0 Å². The molecular weight excluding hydrogens is 509 g/mol. The van der Waals surface area contributed by atoms with Crippen LogP contribution in [0.2, 0.25) is 0 Å². The maximum atomic E-state index is 11.4. The van der Waals surface area contributed by atoms with Crippen LogP contribution in [-0.2, 0) is 11.2 Å². The quantitative estimate of drug-likeness (QED) is 0.416. The van der Waals surface area contributed by atoms with Crippen LogP contribution in [0.1, 0.15) is 27.9 Å². The first-order valence-electron chi connectivity index (χ1n) is 6.56. The second-order valence-corrected chi connectivity index (χ2v) is 8.01. The molecule has 2 aromatic carbocycles. The second-order valence-electron chi connectivity index (χ2n) is 4.99. The summed E-state index contributed by atoms with van der Waals surface area (Å²) in [6, 6.07) is 12.6. The number of hydrogen-bond acceptors (Lipinski definition) is 1. The highest BCUT2D eigenvalue weighted by Crippen LogP contribution is 2.38. The first-order valence-corrected chi connectivity index (χ1v) is 9.35. The highest BCUT2D eigenvalue weighted by Gasteiger charge is 2.19. The van der Waals surface area contributed by atoms with Gasteiger partial charge in [0, 0.05) is 20.2 Å². The molecule has 1 aliphatic rings. The number of carbonyl (C=O) groups excluding carboxylic acids is 1. The monoisotopic (exact) mass is 519 g/mol. The average molecular weight is 521 g/mol. The lowest BCUT2D eigenvalue weighted by molar-refractivity contribution is -0.116. The fourth-order valence-electron chi connectivity index (χ4n) is 2.45. The lowest BCUT2D eigenvalue weighted by Crippen LogP contribution is -2.19. The van der Waals surface area contributed by atoms with Crippen LogP contribution in [0, 0.1) is 3.57 Å². The molecule has 2 nitrogen and oxygen atoms in total. The minimum absolute atomic E-state index is 0.103. The Morgan fingerprint density at radius 3 is 2.76 bits per heavy atom. The Kier molecular flexibility index (Phi) is 4.71. The van der Waals surface area contributed by atoms with Crippen molar-refractivity contribution in [2.45, 2.75) is 17.7 Å². The number of nitrogens with one attached hydrogen (secondary N) is 1. The molecule has 1 atom stereocenters. The van der Waals surface area contributed by atoms with E-state index in [1.54, 1.807) is 0 Å². The summed E-state index contributed by atoms with van der Waals surface area (Å²) in [7, 11) is 0. The van der Waals surface area contributed by atoms with Crippen LogP contribution in [0.3, 0.4) is 0 Å². The number of alkyl halides is 1. The van der Waals surface area contributed by atoms with Gasteiger partial charge < -0.3 is 5.32 Å². The van der Waals surface area contributed by atoms with E-state index in [1.807, 2.05) is 6.07 Å². The molecule has 21 heavy (non-hydrogen) atoms. The SMILES string of the molecule is O=C1CCc2cc(C(Br)c3cc(I)ccc3Br)ccc2N1. The Labute approximate surface area is 154 Å². The van der Waals surface area contributed by atoms with Crippen LogP contribution in [0.15, 0.2) is 40.9 Å². The van der Waals surface area contributed by atoms with E-state index in [0.29, 0.717) is 6.42 Å². The predicted molar refractivity (Wildman–Crippen MR) is 101 cm³/mol. The molecule has 3 rings (SSSR count). The van der Waals surface area contributed by atoms with E-state index in [1.165, 1.54) is 20.3 Å². The van der Waals surface area contributed by atoms with Gasteiger partial charge in [-0.3, -0.25) is 4.79 Å². The number of carbonyl (C=O) groups is 1. The molecule has 0 saturated carbocycles. The van der Waals surface area contributed by atoms with Gasteiger partial charge in [0.05, 0.1) is 4.83 Å². The smallest absolute Gasteiger partial charge is 0.224 e. The van der Waals surface area contributed by atoms with Crippen molar-refractivity contribution in [3.05, 3.63) is 61.1 Å². The van der Waals surface area contributed by atoms with Gasteiger partial charge in [0.25, 0.3) is 0 Å². The summed E-state index contributed by atoms with van der Waals surface area (Å²) in [5, 5.41) is 2.92. The summed E-state index contributed by atoms with van der Waals surface area (Å²) >= 11 is 9.74. The highest BCUT2D eigenvalue weighted by atomic mass is 127. The summed E-state index contributed by atoms with van der Waals surface area (Å²) in [5.41, 5.74) is 4.56. The lowest BCUT2D eigenvalue weighted by atomic mass is 9.97. The van der Waals surface area contributed by atoms with Crippen molar-refractivity contribution >= 4 is 66.0 Å². The Morgan fingerprint density at radius 2 is 1.95 bits per heavy atom. The van der Waals surface area contributed by atoms with Gasteiger partial charge in [-0.25, -0.2) is 0 Å². The van der Waals surface area contributed by atoms with E-state index >= 15 is 0 Å².